The molecule has 2 N–H and O–H groups in total. The second kappa shape index (κ2) is 6.85. The van der Waals surface area contributed by atoms with E-state index < -0.39 is 6.04 Å². The van der Waals surface area contributed by atoms with Crippen molar-refractivity contribution < 1.29 is 9.53 Å². The van der Waals surface area contributed by atoms with Gasteiger partial charge in [0.2, 0.25) is 0 Å². The molecular formula is C9H17NO2. The molecule has 0 rings (SSSR count). The van der Waals surface area contributed by atoms with E-state index in [2.05, 4.69) is 10.8 Å². The van der Waals surface area contributed by atoms with E-state index in [-0.39, 0.29) is 5.97 Å². The van der Waals surface area contributed by atoms with Crippen LogP contribution < -0.4 is 5.73 Å². The molecule has 0 amide bonds. The number of allylic oxidation sites excluding steroid dienone is 2. The SMILES string of the molecule is C/C=C/CCCC(N)C(=O)OC. The van der Waals surface area contributed by atoms with E-state index in [0.29, 0.717) is 6.42 Å². The van der Waals surface area contributed by atoms with Crippen LogP contribution in [-0.2, 0) is 9.53 Å². The number of carbonyl (C=O) groups is 1. The molecule has 3 nitrogen and oxygen atoms in total. The highest BCUT2D eigenvalue weighted by Crippen LogP contribution is 2.00. The first kappa shape index (κ1) is 11.2. The van der Waals surface area contributed by atoms with Gasteiger partial charge < -0.3 is 10.5 Å². The highest BCUT2D eigenvalue weighted by Gasteiger charge is 2.11. The van der Waals surface area contributed by atoms with Gasteiger partial charge >= 0.3 is 5.97 Å². The fraction of sp³-hybridized carbons (Fsp3) is 0.667. The maximum atomic E-state index is 10.8. The predicted molar refractivity (Wildman–Crippen MR) is 48.7 cm³/mol. The molecule has 0 saturated carbocycles. The van der Waals surface area contributed by atoms with Gasteiger partial charge in [-0.1, -0.05) is 12.2 Å². The van der Waals surface area contributed by atoms with Crippen LogP contribution >= 0.6 is 0 Å². The number of unbranched alkanes of at least 4 members (excludes halogenated alkanes) is 1. The minimum Gasteiger partial charge on any atom is -0.468 e. The third-order valence-electron chi connectivity index (χ3n) is 1.63. The van der Waals surface area contributed by atoms with E-state index in [4.69, 9.17) is 5.73 Å². The van der Waals surface area contributed by atoms with Crippen LogP contribution in [0.2, 0.25) is 0 Å². The van der Waals surface area contributed by atoms with E-state index in [9.17, 15) is 4.79 Å². The van der Waals surface area contributed by atoms with E-state index >= 15 is 0 Å². The van der Waals surface area contributed by atoms with Crippen molar-refractivity contribution >= 4 is 5.97 Å². The molecule has 0 aromatic heterocycles. The summed E-state index contributed by atoms with van der Waals surface area (Å²) in [4.78, 5) is 10.8. The minimum absolute atomic E-state index is 0.324. The third kappa shape index (κ3) is 4.91. The van der Waals surface area contributed by atoms with Crippen LogP contribution in [0.15, 0.2) is 12.2 Å². The Morgan fingerprint density at radius 1 is 1.67 bits per heavy atom. The molecule has 0 aromatic rings. The monoisotopic (exact) mass is 171 g/mol. The van der Waals surface area contributed by atoms with Crippen molar-refractivity contribution in [2.24, 2.45) is 5.73 Å². The lowest BCUT2D eigenvalue weighted by molar-refractivity contribution is -0.142. The van der Waals surface area contributed by atoms with E-state index in [1.165, 1.54) is 7.11 Å². The number of esters is 1. The Kier molecular flexibility index (Phi) is 6.38. The van der Waals surface area contributed by atoms with Crippen LogP contribution in [0, 0.1) is 0 Å². The van der Waals surface area contributed by atoms with Crippen molar-refractivity contribution in [2.45, 2.75) is 32.2 Å². The summed E-state index contributed by atoms with van der Waals surface area (Å²) in [6.45, 7) is 1.97. The lowest BCUT2D eigenvalue weighted by Crippen LogP contribution is -2.31. The molecule has 0 radical (unpaired) electrons. The zero-order valence-electron chi connectivity index (χ0n) is 7.75. The van der Waals surface area contributed by atoms with Crippen molar-refractivity contribution in [1.82, 2.24) is 0 Å². The first-order valence-corrected chi connectivity index (χ1v) is 4.17. The first-order valence-electron chi connectivity index (χ1n) is 4.17. The van der Waals surface area contributed by atoms with Gasteiger partial charge in [0.15, 0.2) is 0 Å². The molecule has 0 fully saturated rings. The fourth-order valence-corrected chi connectivity index (χ4v) is 0.892. The van der Waals surface area contributed by atoms with Crippen molar-refractivity contribution in [3.05, 3.63) is 12.2 Å². The molecule has 1 atom stereocenters. The summed E-state index contributed by atoms with van der Waals surface area (Å²) in [7, 11) is 1.36. The zero-order chi connectivity index (χ0) is 9.40. The predicted octanol–water partition coefficient (Wildman–Crippen LogP) is 1.23. The fourth-order valence-electron chi connectivity index (χ4n) is 0.892. The van der Waals surface area contributed by atoms with E-state index in [0.717, 1.165) is 12.8 Å². The number of hydrogen-bond donors (Lipinski definition) is 1. The minimum atomic E-state index is -0.458. The average molecular weight is 171 g/mol. The molecule has 0 spiro atoms. The zero-order valence-corrected chi connectivity index (χ0v) is 7.75. The third-order valence-corrected chi connectivity index (χ3v) is 1.63. The van der Waals surface area contributed by atoms with E-state index in [1.807, 2.05) is 13.0 Å². The van der Waals surface area contributed by atoms with Gasteiger partial charge in [-0.3, -0.25) is 4.79 Å². The van der Waals surface area contributed by atoms with Gasteiger partial charge in [0, 0.05) is 0 Å². The molecule has 12 heavy (non-hydrogen) atoms. The summed E-state index contributed by atoms with van der Waals surface area (Å²) in [5.41, 5.74) is 5.51. The molecule has 70 valence electrons. The Bertz CT molecular complexity index is 155. The summed E-state index contributed by atoms with van der Waals surface area (Å²) in [6.07, 6.45) is 6.65. The maximum absolute atomic E-state index is 10.8. The second-order valence-corrected chi connectivity index (χ2v) is 2.63. The van der Waals surface area contributed by atoms with Gasteiger partial charge in [-0.2, -0.15) is 0 Å². The smallest absolute Gasteiger partial charge is 0.322 e. The number of ether oxygens (including phenoxy) is 1. The molecule has 0 aromatic carbocycles. The van der Waals surface area contributed by atoms with Crippen LogP contribution in [0.4, 0.5) is 0 Å². The Balaban J connectivity index is 3.43. The number of nitrogens with two attached hydrogens (primary N) is 1. The summed E-state index contributed by atoms with van der Waals surface area (Å²) >= 11 is 0. The molecule has 0 aliphatic carbocycles. The highest BCUT2D eigenvalue weighted by molar-refractivity contribution is 5.75. The molecule has 3 heteroatoms. The standard InChI is InChI=1S/C9H17NO2/c1-3-4-5-6-7-8(10)9(11)12-2/h3-4,8H,5-7,10H2,1-2H3/b4-3+. The molecule has 0 heterocycles. The Hall–Kier alpha value is -0.830. The normalized spacial score (nSPS) is 13.2. The van der Waals surface area contributed by atoms with Gasteiger partial charge in [0.25, 0.3) is 0 Å². The van der Waals surface area contributed by atoms with Crippen molar-refractivity contribution in [3.63, 3.8) is 0 Å². The Morgan fingerprint density at radius 2 is 2.33 bits per heavy atom. The Labute approximate surface area is 73.6 Å². The van der Waals surface area contributed by atoms with Crippen LogP contribution in [0.5, 0.6) is 0 Å². The molecular weight excluding hydrogens is 154 g/mol. The van der Waals surface area contributed by atoms with Crippen molar-refractivity contribution in [1.29, 1.82) is 0 Å². The van der Waals surface area contributed by atoms with Gasteiger partial charge in [0.1, 0.15) is 6.04 Å². The van der Waals surface area contributed by atoms with Gasteiger partial charge in [-0.25, -0.2) is 0 Å². The van der Waals surface area contributed by atoms with Gasteiger partial charge in [0.05, 0.1) is 7.11 Å². The number of carbonyl (C=O) groups excluding carboxylic acids is 1. The second-order valence-electron chi connectivity index (χ2n) is 2.63. The summed E-state index contributed by atoms with van der Waals surface area (Å²) in [5.74, 6) is -0.324. The molecule has 0 bridgehead atoms. The van der Waals surface area contributed by atoms with Gasteiger partial charge in [-0.15, -0.1) is 0 Å². The topological polar surface area (TPSA) is 52.3 Å². The molecule has 1 unspecified atom stereocenters. The largest absolute Gasteiger partial charge is 0.468 e. The van der Waals surface area contributed by atoms with Crippen LogP contribution in [0.3, 0.4) is 0 Å². The molecule has 0 aliphatic heterocycles. The van der Waals surface area contributed by atoms with Crippen molar-refractivity contribution in [2.75, 3.05) is 7.11 Å². The summed E-state index contributed by atoms with van der Waals surface area (Å²) < 4.78 is 4.49. The van der Waals surface area contributed by atoms with Crippen LogP contribution in [0.1, 0.15) is 26.2 Å². The lowest BCUT2D eigenvalue weighted by atomic mass is 10.1. The van der Waals surface area contributed by atoms with Gasteiger partial charge in [-0.05, 0) is 26.2 Å². The lowest BCUT2D eigenvalue weighted by Gasteiger charge is -2.06. The average Bonchev–Trinajstić information content (AvgIpc) is 2.10. The number of hydrogen-bond acceptors (Lipinski definition) is 3. The Morgan fingerprint density at radius 3 is 2.83 bits per heavy atom. The number of rotatable bonds is 5. The molecule has 0 aliphatic rings. The van der Waals surface area contributed by atoms with E-state index in [1.54, 1.807) is 0 Å². The first-order chi connectivity index (χ1) is 5.72. The molecule has 0 saturated heterocycles. The van der Waals surface area contributed by atoms with Crippen LogP contribution in [0.25, 0.3) is 0 Å². The maximum Gasteiger partial charge on any atom is 0.322 e. The summed E-state index contributed by atoms with van der Waals surface area (Å²) in [6, 6.07) is -0.458. The summed E-state index contributed by atoms with van der Waals surface area (Å²) in [5, 5.41) is 0. The van der Waals surface area contributed by atoms with Crippen molar-refractivity contribution in [3.8, 4) is 0 Å². The quantitative estimate of drug-likeness (QED) is 0.384. The number of methoxy groups -OCH3 is 1. The highest BCUT2D eigenvalue weighted by atomic mass is 16.5. The van der Waals surface area contributed by atoms with Crippen LogP contribution in [-0.4, -0.2) is 19.1 Å².